The molecule has 0 saturated carbocycles. The zero-order valence-electron chi connectivity index (χ0n) is 10.1. The molecule has 0 fully saturated rings. The molecule has 0 heterocycles. The lowest BCUT2D eigenvalue weighted by Gasteiger charge is -2.14. The fourth-order valence-corrected chi connectivity index (χ4v) is 1.93. The second-order valence-corrected chi connectivity index (χ2v) is 4.52. The molecule has 2 aromatic carbocycles. The van der Waals surface area contributed by atoms with Crippen LogP contribution in [0.2, 0.25) is 5.02 Å². The van der Waals surface area contributed by atoms with Gasteiger partial charge in [-0.2, -0.15) is 0 Å². The zero-order valence-corrected chi connectivity index (χ0v) is 10.9. The molecule has 2 nitrogen and oxygen atoms in total. The molecule has 1 N–H and O–H groups in total. The monoisotopic (exact) mass is 262 g/mol. The Kier molecular flexibility index (Phi) is 4.37. The van der Waals surface area contributed by atoms with Crippen molar-refractivity contribution < 1.29 is 9.84 Å². The second kappa shape index (κ2) is 6.01. The van der Waals surface area contributed by atoms with Crippen molar-refractivity contribution >= 4 is 11.6 Å². The number of aliphatic hydroxyl groups excluding tert-OH is 1. The molecule has 2 aromatic rings. The maximum atomic E-state index is 9.95. The van der Waals surface area contributed by atoms with Crippen LogP contribution in [0.3, 0.4) is 0 Å². The summed E-state index contributed by atoms with van der Waals surface area (Å²) in [6, 6.07) is 15.1. The molecule has 0 aromatic heterocycles. The molecule has 1 unspecified atom stereocenters. The van der Waals surface area contributed by atoms with Crippen molar-refractivity contribution in [1.82, 2.24) is 0 Å². The average molecular weight is 263 g/mol. The van der Waals surface area contributed by atoms with E-state index in [0.717, 1.165) is 11.1 Å². The number of hydrogen-bond acceptors (Lipinski definition) is 2. The molecule has 0 bridgehead atoms. The summed E-state index contributed by atoms with van der Waals surface area (Å²) in [6.45, 7) is 2.37. The summed E-state index contributed by atoms with van der Waals surface area (Å²) in [4.78, 5) is 0. The van der Waals surface area contributed by atoms with E-state index in [1.165, 1.54) is 0 Å². The molecule has 0 spiro atoms. The van der Waals surface area contributed by atoms with Gasteiger partial charge in [-0.1, -0.05) is 54.1 Å². The van der Waals surface area contributed by atoms with Gasteiger partial charge < -0.3 is 9.84 Å². The first-order valence-electron chi connectivity index (χ1n) is 5.77. The van der Waals surface area contributed by atoms with Crippen molar-refractivity contribution in [2.75, 3.05) is 0 Å². The minimum atomic E-state index is -1.00. The van der Waals surface area contributed by atoms with Crippen molar-refractivity contribution in [3.05, 3.63) is 70.2 Å². The summed E-state index contributed by atoms with van der Waals surface area (Å²) in [6.07, 6.45) is -1.00. The van der Waals surface area contributed by atoms with Gasteiger partial charge in [0.25, 0.3) is 0 Å². The predicted molar refractivity (Wildman–Crippen MR) is 72.4 cm³/mol. The number of halogens is 1. The van der Waals surface area contributed by atoms with Gasteiger partial charge in [-0.25, -0.2) is 0 Å². The van der Waals surface area contributed by atoms with E-state index in [1.54, 1.807) is 12.1 Å². The largest absolute Gasteiger partial charge is 0.364 e. The third-order valence-electron chi connectivity index (χ3n) is 2.83. The first-order chi connectivity index (χ1) is 8.68. The molecular formula is C15H15ClO2. The Labute approximate surface area is 112 Å². The van der Waals surface area contributed by atoms with Gasteiger partial charge in [0.1, 0.15) is 0 Å². The van der Waals surface area contributed by atoms with Crippen LogP contribution in [0.25, 0.3) is 0 Å². The minimum Gasteiger partial charge on any atom is -0.364 e. The standard InChI is InChI=1S/C15H15ClO2/c1-11-6-2-3-7-12(11)10-18-15(17)13-8-4-5-9-14(13)16/h2-9,15,17H,10H2,1H3. The number of aryl methyl sites for hydroxylation is 1. The van der Waals surface area contributed by atoms with Crippen LogP contribution >= 0.6 is 11.6 Å². The number of benzene rings is 2. The molecule has 1 atom stereocenters. The minimum absolute atomic E-state index is 0.360. The van der Waals surface area contributed by atoms with E-state index >= 15 is 0 Å². The van der Waals surface area contributed by atoms with Crippen LogP contribution in [-0.2, 0) is 11.3 Å². The van der Waals surface area contributed by atoms with E-state index in [-0.39, 0.29) is 0 Å². The predicted octanol–water partition coefficient (Wildman–Crippen LogP) is 3.86. The summed E-state index contributed by atoms with van der Waals surface area (Å²) in [5, 5.41) is 10.5. The first-order valence-corrected chi connectivity index (χ1v) is 6.15. The van der Waals surface area contributed by atoms with E-state index in [0.29, 0.717) is 17.2 Å². The number of hydrogen-bond donors (Lipinski definition) is 1. The Balaban J connectivity index is 2.03. The molecular weight excluding hydrogens is 248 g/mol. The van der Waals surface area contributed by atoms with Gasteiger partial charge in [-0.3, -0.25) is 0 Å². The first kappa shape index (κ1) is 13.1. The molecule has 0 amide bonds. The number of rotatable bonds is 4. The van der Waals surface area contributed by atoms with Crippen LogP contribution in [0.15, 0.2) is 48.5 Å². The van der Waals surface area contributed by atoms with E-state index in [9.17, 15) is 5.11 Å². The lowest BCUT2D eigenvalue weighted by molar-refractivity contribution is -0.112. The topological polar surface area (TPSA) is 29.5 Å². The highest BCUT2D eigenvalue weighted by atomic mass is 35.5. The highest BCUT2D eigenvalue weighted by Gasteiger charge is 2.11. The highest BCUT2D eigenvalue weighted by molar-refractivity contribution is 6.31. The maximum Gasteiger partial charge on any atom is 0.183 e. The fraction of sp³-hybridized carbons (Fsp3) is 0.200. The molecule has 3 heteroatoms. The van der Waals surface area contributed by atoms with Crippen LogP contribution in [0, 0.1) is 6.92 Å². The lowest BCUT2D eigenvalue weighted by atomic mass is 10.1. The molecule has 18 heavy (non-hydrogen) atoms. The van der Waals surface area contributed by atoms with Crippen LogP contribution < -0.4 is 0 Å². The normalized spacial score (nSPS) is 12.4. The maximum absolute atomic E-state index is 9.95. The van der Waals surface area contributed by atoms with Crippen LogP contribution in [0.1, 0.15) is 23.0 Å². The van der Waals surface area contributed by atoms with Crippen molar-refractivity contribution in [3.8, 4) is 0 Å². The molecule has 0 aliphatic carbocycles. The molecule has 0 aliphatic heterocycles. The van der Waals surface area contributed by atoms with Gasteiger partial charge in [-0.05, 0) is 24.1 Å². The van der Waals surface area contributed by atoms with Crippen molar-refractivity contribution in [3.63, 3.8) is 0 Å². The summed E-state index contributed by atoms with van der Waals surface area (Å²) in [7, 11) is 0. The van der Waals surface area contributed by atoms with Crippen molar-refractivity contribution in [1.29, 1.82) is 0 Å². The Hall–Kier alpha value is -1.35. The van der Waals surface area contributed by atoms with Gasteiger partial charge in [0.15, 0.2) is 6.29 Å². The smallest absolute Gasteiger partial charge is 0.183 e. The average Bonchev–Trinajstić information content (AvgIpc) is 2.38. The van der Waals surface area contributed by atoms with Crippen molar-refractivity contribution in [2.24, 2.45) is 0 Å². The third-order valence-corrected chi connectivity index (χ3v) is 3.17. The Morgan fingerprint density at radius 2 is 1.78 bits per heavy atom. The Morgan fingerprint density at radius 3 is 2.50 bits per heavy atom. The van der Waals surface area contributed by atoms with E-state index in [2.05, 4.69) is 0 Å². The summed E-state index contributed by atoms with van der Waals surface area (Å²) in [5.74, 6) is 0. The number of ether oxygens (including phenoxy) is 1. The molecule has 0 aliphatic rings. The summed E-state index contributed by atoms with van der Waals surface area (Å²) < 4.78 is 5.45. The summed E-state index contributed by atoms with van der Waals surface area (Å²) in [5.41, 5.74) is 2.79. The lowest BCUT2D eigenvalue weighted by Crippen LogP contribution is -2.04. The SMILES string of the molecule is Cc1ccccc1COC(O)c1ccccc1Cl. The van der Waals surface area contributed by atoms with Gasteiger partial charge >= 0.3 is 0 Å². The van der Waals surface area contributed by atoms with Crippen molar-refractivity contribution in [2.45, 2.75) is 19.8 Å². The number of aliphatic hydroxyl groups is 1. The van der Waals surface area contributed by atoms with E-state index in [1.807, 2.05) is 43.3 Å². The van der Waals surface area contributed by atoms with Crippen LogP contribution in [0.4, 0.5) is 0 Å². The zero-order chi connectivity index (χ0) is 13.0. The third kappa shape index (κ3) is 3.10. The van der Waals surface area contributed by atoms with E-state index in [4.69, 9.17) is 16.3 Å². The molecule has 94 valence electrons. The van der Waals surface area contributed by atoms with Crippen LogP contribution in [-0.4, -0.2) is 5.11 Å². The molecule has 0 saturated heterocycles. The molecule has 0 radical (unpaired) electrons. The van der Waals surface area contributed by atoms with Gasteiger partial charge in [0.2, 0.25) is 0 Å². The Bertz CT molecular complexity index is 525. The quantitative estimate of drug-likeness (QED) is 0.848. The van der Waals surface area contributed by atoms with Gasteiger partial charge in [0, 0.05) is 10.6 Å². The molecule has 2 rings (SSSR count). The Morgan fingerprint density at radius 1 is 1.11 bits per heavy atom. The second-order valence-electron chi connectivity index (χ2n) is 4.11. The fourth-order valence-electron chi connectivity index (χ4n) is 1.71. The van der Waals surface area contributed by atoms with E-state index < -0.39 is 6.29 Å². The summed E-state index contributed by atoms with van der Waals surface area (Å²) >= 11 is 5.99. The van der Waals surface area contributed by atoms with Gasteiger partial charge in [-0.15, -0.1) is 0 Å². The van der Waals surface area contributed by atoms with Crippen LogP contribution in [0.5, 0.6) is 0 Å². The highest BCUT2D eigenvalue weighted by Crippen LogP contribution is 2.24. The van der Waals surface area contributed by atoms with Gasteiger partial charge in [0.05, 0.1) is 6.61 Å².